The van der Waals surface area contributed by atoms with E-state index in [1.165, 1.54) is 0 Å². The van der Waals surface area contributed by atoms with E-state index < -0.39 is 0 Å². The topological polar surface area (TPSA) is 56.7 Å². The first kappa shape index (κ1) is 9.18. The highest BCUT2D eigenvalue weighted by Gasteiger charge is 2.00. The fourth-order valence-electron chi connectivity index (χ4n) is 1.11. The van der Waals surface area contributed by atoms with Crippen molar-refractivity contribution in [1.82, 2.24) is 14.8 Å². The van der Waals surface area contributed by atoms with E-state index in [0.29, 0.717) is 17.4 Å². The van der Waals surface area contributed by atoms with Crippen molar-refractivity contribution in [3.8, 4) is 5.82 Å². The zero-order valence-corrected chi connectivity index (χ0v) is 8.15. The number of rotatable bonds is 2. The molecule has 0 radical (unpaired) electrons. The molecule has 0 bridgehead atoms. The molecule has 0 aliphatic rings. The number of aromatic nitrogens is 3. The number of hydrogen-bond acceptors (Lipinski definition) is 3. The van der Waals surface area contributed by atoms with Crippen LogP contribution in [0.25, 0.3) is 5.82 Å². The second-order valence-electron chi connectivity index (χ2n) is 2.83. The molecule has 2 aromatic heterocycles. The quantitative estimate of drug-likeness (QED) is 0.811. The van der Waals surface area contributed by atoms with Gasteiger partial charge in [-0.3, -0.25) is 0 Å². The highest BCUT2D eigenvalue weighted by Crippen LogP contribution is 2.11. The van der Waals surface area contributed by atoms with E-state index in [9.17, 15) is 0 Å². The molecule has 2 N–H and O–H groups in total. The average molecular weight is 209 g/mol. The first-order chi connectivity index (χ1) is 6.79. The van der Waals surface area contributed by atoms with Crippen LogP contribution >= 0.6 is 11.6 Å². The van der Waals surface area contributed by atoms with Gasteiger partial charge in [0.15, 0.2) is 5.82 Å². The highest BCUT2D eigenvalue weighted by atomic mass is 35.5. The summed E-state index contributed by atoms with van der Waals surface area (Å²) in [6.45, 7) is 0.473. The van der Waals surface area contributed by atoms with Crippen molar-refractivity contribution in [2.45, 2.75) is 6.54 Å². The van der Waals surface area contributed by atoms with Crippen LogP contribution in [0.4, 0.5) is 0 Å². The summed E-state index contributed by atoms with van der Waals surface area (Å²) in [5.74, 6) is 0.692. The molecule has 0 aromatic carbocycles. The number of nitrogens with zero attached hydrogens (tertiary/aromatic N) is 3. The van der Waals surface area contributed by atoms with Crippen LogP contribution in [0.1, 0.15) is 5.56 Å². The van der Waals surface area contributed by atoms with Gasteiger partial charge in [0.05, 0.1) is 6.20 Å². The Bertz CT molecular complexity index is 438. The van der Waals surface area contributed by atoms with Gasteiger partial charge in [-0.2, -0.15) is 5.10 Å². The highest BCUT2D eigenvalue weighted by molar-refractivity contribution is 6.30. The van der Waals surface area contributed by atoms with Crippen molar-refractivity contribution in [3.05, 3.63) is 41.3 Å². The molecule has 0 atom stereocenters. The average Bonchev–Trinajstić information content (AvgIpc) is 2.66. The monoisotopic (exact) mass is 208 g/mol. The molecule has 72 valence electrons. The predicted octanol–water partition coefficient (Wildman–Crippen LogP) is 1.38. The van der Waals surface area contributed by atoms with Gasteiger partial charge in [-0.25, -0.2) is 9.67 Å². The normalized spacial score (nSPS) is 10.4. The third-order valence-electron chi connectivity index (χ3n) is 1.81. The Morgan fingerprint density at radius 1 is 1.50 bits per heavy atom. The SMILES string of the molecule is NCc1cnn(-c2cc(Cl)ccn2)c1. The molecular formula is C9H9ClN4. The minimum Gasteiger partial charge on any atom is -0.326 e. The molecule has 0 fully saturated rings. The number of hydrogen-bond donors (Lipinski definition) is 1. The molecule has 0 amide bonds. The van der Waals surface area contributed by atoms with Crippen LogP contribution < -0.4 is 5.73 Å². The Morgan fingerprint density at radius 3 is 3.00 bits per heavy atom. The van der Waals surface area contributed by atoms with Gasteiger partial charge < -0.3 is 5.73 Å². The van der Waals surface area contributed by atoms with Crippen molar-refractivity contribution in [2.24, 2.45) is 5.73 Å². The minimum absolute atomic E-state index is 0.473. The van der Waals surface area contributed by atoms with Crippen LogP contribution in [0.5, 0.6) is 0 Å². The van der Waals surface area contributed by atoms with Crippen LogP contribution in [-0.4, -0.2) is 14.8 Å². The summed E-state index contributed by atoms with van der Waals surface area (Å²) in [7, 11) is 0. The van der Waals surface area contributed by atoms with Crippen LogP contribution in [0.2, 0.25) is 5.02 Å². The van der Waals surface area contributed by atoms with E-state index in [1.807, 2.05) is 6.20 Å². The lowest BCUT2D eigenvalue weighted by atomic mass is 10.4. The summed E-state index contributed by atoms with van der Waals surface area (Å²) in [5.41, 5.74) is 6.44. The first-order valence-electron chi connectivity index (χ1n) is 4.15. The molecule has 0 unspecified atom stereocenters. The van der Waals surface area contributed by atoms with Crippen molar-refractivity contribution in [1.29, 1.82) is 0 Å². The lowest BCUT2D eigenvalue weighted by molar-refractivity contribution is 0.846. The van der Waals surface area contributed by atoms with Gasteiger partial charge >= 0.3 is 0 Å². The van der Waals surface area contributed by atoms with Gasteiger partial charge in [-0.1, -0.05) is 11.6 Å². The van der Waals surface area contributed by atoms with E-state index in [0.717, 1.165) is 5.56 Å². The standard InChI is InChI=1S/C9H9ClN4/c10-8-1-2-12-9(3-8)14-6-7(4-11)5-13-14/h1-3,5-6H,4,11H2. The third kappa shape index (κ3) is 1.76. The third-order valence-corrected chi connectivity index (χ3v) is 2.05. The van der Waals surface area contributed by atoms with Gasteiger partial charge in [0, 0.05) is 35.6 Å². The van der Waals surface area contributed by atoms with Crippen LogP contribution in [-0.2, 0) is 6.54 Å². The lowest BCUT2D eigenvalue weighted by Crippen LogP contribution is -1.97. The molecule has 0 spiro atoms. The van der Waals surface area contributed by atoms with Gasteiger partial charge in [0.2, 0.25) is 0 Å². The molecule has 0 aliphatic heterocycles. The molecule has 14 heavy (non-hydrogen) atoms. The van der Waals surface area contributed by atoms with E-state index in [1.54, 1.807) is 29.2 Å². The fraction of sp³-hybridized carbons (Fsp3) is 0.111. The minimum atomic E-state index is 0.473. The van der Waals surface area contributed by atoms with E-state index in [-0.39, 0.29) is 0 Å². The Kier molecular flexibility index (Phi) is 2.47. The summed E-state index contributed by atoms with van der Waals surface area (Å²) in [5, 5.41) is 4.75. The Hall–Kier alpha value is -1.39. The van der Waals surface area contributed by atoms with Crippen LogP contribution in [0, 0.1) is 0 Å². The van der Waals surface area contributed by atoms with Gasteiger partial charge in [0.25, 0.3) is 0 Å². The molecular weight excluding hydrogens is 200 g/mol. The van der Waals surface area contributed by atoms with E-state index in [4.69, 9.17) is 17.3 Å². The first-order valence-corrected chi connectivity index (χ1v) is 4.53. The Morgan fingerprint density at radius 2 is 2.36 bits per heavy atom. The fourth-order valence-corrected chi connectivity index (χ4v) is 1.26. The zero-order valence-electron chi connectivity index (χ0n) is 7.39. The summed E-state index contributed by atoms with van der Waals surface area (Å²) >= 11 is 5.83. The van der Waals surface area contributed by atoms with Gasteiger partial charge in [0.1, 0.15) is 0 Å². The van der Waals surface area contributed by atoms with Crippen molar-refractivity contribution in [3.63, 3.8) is 0 Å². The zero-order chi connectivity index (χ0) is 9.97. The molecule has 2 heterocycles. The van der Waals surface area contributed by atoms with Gasteiger partial charge in [-0.05, 0) is 6.07 Å². The molecule has 0 aliphatic carbocycles. The number of pyridine rings is 1. The Labute approximate surface area is 86.3 Å². The maximum atomic E-state index is 5.83. The smallest absolute Gasteiger partial charge is 0.154 e. The number of nitrogens with two attached hydrogens (primary N) is 1. The summed E-state index contributed by atoms with van der Waals surface area (Å²) in [4.78, 5) is 4.13. The van der Waals surface area contributed by atoms with Crippen molar-refractivity contribution >= 4 is 11.6 Å². The molecule has 0 saturated heterocycles. The second-order valence-corrected chi connectivity index (χ2v) is 3.27. The molecule has 0 saturated carbocycles. The molecule has 5 heteroatoms. The maximum Gasteiger partial charge on any atom is 0.154 e. The van der Waals surface area contributed by atoms with E-state index in [2.05, 4.69) is 10.1 Å². The lowest BCUT2D eigenvalue weighted by Gasteiger charge is -1.99. The largest absolute Gasteiger partial charge is 0.326 e. The van der Waals surface area contributed by atoms with Crippen molar-refractivity contribution in [2.75, 3.05) is 0 Å². The maximum absolute atomic E-state index is 5.83. The predicted molar refractivity (Wildman–Crippen MR) is 54.3 cm³/mol. The molecule has 4 nitrogen and oxygen atoms in total. The summed E-state index contributed by atoms with van der Waals surface area (Å²) < 4.78 is 1.65. The molecule has 2 rings (SSSR count). The second kappa shape index (κ2) is 3.77. The van der Waals surface area contributed by atoms with Crippen LogP contribution in [0.3, 0.4) is 0 Å². The van der Waals surface area contributed by atoms with E-state index >= 15 is 0 Å². The number of halogens is 1. The van der Waals surface area contributed by atoms with Gasteiger partial charge in [-0.15, -0.1) is 0 Å². The summed E-state index contributed by atoms with van der Waals surface area (Å²) in [6, 6.07) is 3.47. The summed E-state index contributed by atoms with van der Waals surface area (Å²) in [6.07, 6.45) is 5.18. The van der Waals surface area contributed by atoms with Crippen LogP contribution in [0.15, 0.2) is 30.7 Å². The molecule has 2 aromatic rings. The van der Waals surface area contributed by atoms with Crippen molar-refractivity contribution < 1.29 is 0 Å². The Balaban J connectivity index is 2.39.